The molecule has 1 saturated heterocycles. The first kappa shape index (κ1) is 20.3. The van der Waals surface area contributed by atoms with Gasteiger partial charge in [-0.1, -0.05) is 36.4 Å². The van der Waals surface area contributed by atoms with Gasteiger partial charge in [0.25, 0.3) is 0 Å². The summed E-state index contributed by atoms with van der Waals surface area (Å²) in [6, 6.07) is 14.5. The van der Waals surface area contributed by atoms with Crippen LogP contribution in [0.4, 0.5) is 5.69 Å². The Hall–Kier alpha value is -2.44. The molecule has 2 aromatic carbocycles. The number of piperidine rings is 1. The first-order valence-electron chi connectivity index (χ1n) is 9.92. The highest BCUT2D eigenvalue weighted by atomic mass is 16.4. The monoisotopic (exact) mass is 383 g/mol. The molecule has 0 aromatic heterocycles. The molecule has 0 atom stereocenters. The van der Waals surface area contributed by atoms with Crippen molar-refractivity contribution in [3.8, 4) is 0 Å². The van der Waals surface area contributed by atoms with E-state index in [4.69, 9.17) is 5.11 Å². The SMILES string of the molecule is CCN(C(=O)CN1CCC(N(C)CC(=O)O)CC1)c1cccc2ccccc12. The van der Waals surface area contributed by atoms with Gasteiger partial charge in [0, 0.05) is 31.1 Å². The van der Waals surface area contributed by atoms with Gasteiger partial charge in [0.2, 0.25) is 5.91 Å². The van der Waals surface area contributed by atoms with Crippen LogP contribution in [0.15, 0.2) is 42.5 Å². The van der Waals surface area contributed by atoms with Crippen molar-refractivity contribution >= 4 is 28.3 Å². The first-order chi connectivity index (χ1) is 13.5. The molecule has 1 heterocycles. The minimum Gasteiger partial charge on any atom is -0.480 e. The number of carboxylic acid groups (broad SMARTS) is 1. The number of anilines is 1. The lowest BCUT2D eigenvalue weighted by Gasteiger charge is -2.36. The highest BCUT2D eigenvalue weighted by Gasteiger charge is 2.26. The van der Waals surface area contributed by atoms with Crippen LogP contribution in [0.1, 0.15) is 19.8 Å². The summed E-state index contributed by atoms with van der Waals surface area (Å²) < 4.78 is 0. The maximum atomic E-state index is 13.0. The van der Waals surface area contributed by atoms with Crippen LogP contribution >= 0.6 is 0 Å². The minimum atomic E-state index is -0.797. The standard InChI is InChI=1S/C22H29N3O3/c1-3-25(20-10-6-8-17-7-4-5-9-19(17)20)21(26)15-24-13-11-18(12-14-24)23(2)16-22(27)28/h4-10,18H,3,11-16H2,1-2H3,(H,27,28). The van der Waals surface area contributed by atoms with Gasteiger partial charge in [0.05, 0.1) is 18.8 Å². The van der Waals surface area contributed by atoms with Gasteiger partial charge < -0.3 is 10.0 Å². The van der Waals surface area contributed by atoms with Gasteiger partial charge in [-0.2, -0.15) is 0 Å². The van der Waals surface area contributed by atoms with Crippen molar-refractivity contribution in [2.75, 3.05) is 44.7 Å². The molecule has 1 amide bonds. The predicted octanol–water partition coefficient (Wildman–Crippen LogP) is 2.67. The molecule has 6 heteroatoms. The molecule has 6 nitrogen and oxygen atoms in total. The highest BCUT2D eigenvalue weighted by molar-refractivity contribution is 6.04. The van der Waals surface area contributed by atoms with E-state index < -0.39 is 5.97 Å². The van der Waals surface area contributed by atoms with Crippen molar-refractivity contribution in [1.29, 1.82) is 0 Å². The van der Waals surface area contributed by atoms with E-state index in [-0.39, 0.29) is 18.5 Å². The molecule has 150 valence electrons. The second-order valence-electron chi connectivity index (χ2n) is 7.45. The van der Waals surface area contributed by atoms with Gasteiger partial charge >= 0.3 is 5.97 Å². The van der Waals surface area contributed by atoms with Crippen LogP contribution in [0.5, 0.6) is 0 Å². The van der Waals surface area contributed by atoms with E-state index in [1.165, 1.54) is 0 Å². The summed E-state index contributed by atoms with van der Waals surface area (Å²) in [5, 5.41) is 11.2. The third kappa shape index (κ3) is 4.69. The van der Waals surface area contributed by atoms with Gasteiger partial charge in [-0.15, -0.1) is 0 Å². The number of nitrogens with zero attached hydrogens (tertiary/aromatic N) is 3. The maximum Gasteiger partial charge on any atom is 0.317 e. The Morgan fingerprint density at radius 1 is 1.11 bits per heavy atom. The Morgan fingerprint density at radius 3 is 2.46 bits per heavy atom. The lowest BCUT2D eigenvalue weighted by atomic mass is 10.0. The number of carbonyl (C=O) groups excluding carboxylic acids is 1. The second-order valence-corrected chi connectivity index (χ2v) is 7.45. The summed E-state index contributed by atoms with van der Waals surface area (Å²) in [6.45, 7) is 4.72. The van der Waals surface area contributed by atoms with Gasteiger partial charge in [0.15, 0.2) is 0 Å². The van der Waals surface area contributed by atoms with E-state index in [1.54, 1.807) is 0 Å². The average molecular weight is 383 g/mol. The van der Waals surface area contributed by atoms with Crippen molar-refractivity contribution < 1.29 is 14.7 Å². The summed E-state index contributed by atoms with van der Waals surface area (Å²) in [6.07, 6.45) is 1.77. The Kier molecular flexibility index (Phi) is 6.65. The number of aliphatic carboxylic acids is 1. The van der Waals surface area contributed by atoms with E-state index >= 15 is 0 Å². The quantitative estimate of drug-likeness (QED) is 0.796. The molecule has 3 rings (SSSR count). The number of hydrogen-bond acceptors (Lipinski definition) is 4. The molecule has 28 heavy (non-hydrogen) atoms. The van der Waals surface area contributed by atoms with Gasteiger partial charge in [-0.25, -0.2) is 0 Å². The van der Waals surface area contributed by atoms with Gasteiger partial charge in [-0.05, 0) is 38.3 Å². The summed E-state index contributed by atoms with van der Waals surface area (Å²) >= 11 is 0. The van der Waals surface area contributed by atoms with Crippen molar-refractivity contribution in [2.45, 2.75) is 25.8 Å². The number of likely N-dealkylation sites (tertiary alicyclic amines) is 1. The Bertz CT molecular complexity index is 825. The van der Waals surface area contributed by atoms with E-state index in [9.17, 15) is 9.59 Å². The predicted molar refractivity (Wildman–Crippen MR) is 112 cm³/mol. The summed E-state index contributed by atoms with van der Waals surface area (Å²) in [4.78, 5) is 29.9. The summed E-state index contributed by atoms with van der Waals surface area (Å²) in [5.74, 6) is -0.690. The summed E-state index contributed by atoms with van der Waals surface area (Å²) in [7, 11) is 1.86. The largest absolute Gasteiger partial charge is 0.480 e. The lowest BCUT2D eigenvalue weighted by molar-refractivity contribution is -0.138. The second kappa shape index (κ2) is 9.17. The normalized spacial score (nSPS) is 15.8. The molecule has 2 aromatic rings. The topological polar surface area (TPSA) is 64.1 Å². The van der Waals surface area contributed by atoms with Crippen LogP contribution in [0.2, 0.25) is 0 Å². The third-order valence-electron chi connectivity index (χ3n) is 5.60. The Morgan fingerprint density at radius 2 is 1.79 bits per heavy atom. The minimum absolute atomic E-state index is 0.0638. The number of likely N-dealkylation sites (N-methyl/N-ethyl adjacent to an activating group) is 2. The molecule has 1 aliphatic rings. The third-order valence-corrected chi connectivity index (χ3v) is 5.60. The van der Waals surface area contributed by atoms with Gasteiger partial charge in [0.1, 0.15) is 0 Å². The van der Waals surface area contributed by atoms with E-state index in [2.05, 4.69) is 23.1 Å². The molecular weight excluding hydrogens is 354 g/mol. The van der Waals surface area contributed by atoms with Crippen LogP contribution in [0.3, 0.4) is 0 Å². The van der Waals surface area contributed by atoms with Gasteiger partial charge in [-0.3, -0.25) is 19.4 Å². The fourth-order valence-electron chi connectivity index (χ4n) is 4.06. The van der Waals surface area contributed by atoms with Crippen molar-refractivity contribution in [1.82, 2.24) is 9.80 Å². The molecule has 1 aliphatic heterocycles. The fourth-order valence-corrected chi connectivity index (χ4v) is 4.06. The highest BCUT2D eigenvalue weighted by Crippen LogP contribution is 2.27. The number of benzene rings is 2. The number of amides is 1. The van der Waals surface area contributed by atoms with Crippen LogP contribution in [-0.2, 0) is 9.59 Å². The zero-order valence-corrected chi connectivity index (χ0v) is 16.7. The first-order valence-corrected chi connectivity index (χ1v) is 9.92. The van der Waals surface area contributed by atoms with E-state index in [0.717, 1.165) is 42.4 Å². The van der Waals surface area contributed by atoms with Crippen LogP contribution in [-0.4, -0.2) is 72.6 Å². The summed E-state index contributed by atoms with van der Waals surface area (Å²) in [5.41, 5.74) is 0.960. The number of rotatable bonds is 7. The van der Waals surface area contributed by atoms with E-state index in [0.29, 0.717) is 13.1 Å². The smallest absolute Gasteiger partial charge is 0.317 e. The van der Waals surface area contributed by atoms with Crippen molar-refractivity contribution in [3.63, 3.8) is 0 Å². The van der Waals surface area contributed by atoms with Crippen LogP contribution in [0, 0.1) is 0 Å². The molecular formula is C22H29N3O3. The molecule has 0 spiro atoms. The molecule has 0 aliphatic carbocycles. The number of hydrogen-bond donors (Lipinski definition) is 1. The van der Waals surface area contributed by atoms with Crippen LogP contribution < -0.4 is 4.90 Å². The number of carboxylic acids is 1. The van der Waals surface area contributed by atoms with Crippen molar-refractivity contribution in [2.24, 2.45) is 0 Å². The number of carbonyl (C=O) groups is 2. The lowest BCUT2D eigenvalue weighted by Crippen LogP contribution is -2.48. The molecule has 0 bridgehead atoms. The fraction of sp³-hybridized carbons (Fsp3) is 0.455. The van der Waals surface area contributed by atoms with Crippen LogP contribution in [0.25, 0.3) is 10.8 Å². The molecule has 0 unspecified atom stereocenters. The molecule has 1 N–H and O–H groups in total. The Labute approximate surface area is 166 Å². The average Bonchev–Trinajstić information content (AvgIpc) is 2.69. The maximum absolute atomic E-state index is 13.0. The molecule has 1 fully saturated rings. The Balaban J connectivity index is 1.63. The molecule has 0 radical (unpaired) electrons. The van der Waals surface area contributed by atoms with Crippen molar-refractivity contribution in [3.05, 3.63) is 42.5 Å². The number of fused-ring (bicyclic) bond motifs is 1. The zero-order chi connectivity index (χ0) is 20.1. The van der Waals surface area contributed by atoms with E-state index in [1.807, 2.05) is 48.0 Å². The molecule has 0 saturated carbocycles. The zero-order valence-electron chi connectivity index (χ0n) is 16.7.